The number of hydrogen-bond donors (Lipinski definition) is 2. The standard InChI is InChI=1S/C19H13ClN4O/c20-15-6-3-5-13(10-15)19(25)23-16-8-9-18(22-12-16)24-17-7-2-1-4-14(17)11-21/h1-10,12H,(H,22,24)(H,23,25). The van der Waals surface area contributed by atoms with Gasteiger partial charge in [-0.05, 0) is 42.5 Å². The zero-order valence-electron chi connectivity index (χ0n) is 13.0. The molecule has 0 saturated carbocycles. The summed E-state index contributed by atoms with van der Waals surface area (Å²) in [5, 5.41) is 15.4. The van der Waals surface area contributed by atoms with Crippen LogP contribution < -0.4 is 10.6 Å². The molecule has 3 aromatic rings. The number of halogens is 1. The number of nitrogens with zero attached hydrogens (tertiary/aromatic N) is 2. The van der Waals surface area contributed by atoms with Crippen LogP contribution in [0.5, 0.6) is 0 Å². The van der Waals surface area contributed by atoms with Gasteiger partial charge in [-0.2, -0.15) is 5.26 Å². The van der Waals surface area contributed by atoms with Gasteiger partial charge in [0, 0.05) is 10.6 Å². The molecule has 0 aliphatic heterocycles. The lowest BCUT2D eigenvalue weighted by atomic mass is 10.2. The number of rotatable bonds is 4. The van der Waals surface area contributed by atoms with Crippen LogP contribution in [0.4, 0.5) is 17.2 Å². The van der Waals surface area contributed by atoms with E-state index in [1.54, 1.807) is 60.8 Å². The molecular formula is C19H13ClN4O. The summed E-state index contributed by atoms with van der Waals surface area (Å²) in [5.74, 6) is 0.309. The van der Waals surface area contributed by atoms with Crippen LogP contribution in [0, 0.1) is 11.3 Å². The van der Waals surface area contributed by atoms with Crippen molar-refractivity contribution in [2.45, 2.75) is 0 Å². The first kappa shape index (κ1) is 16.5. The first-order valence-corrected chi connectivity index (χ1v) is 7.82. The Morgan fingerprint density at radius 1 is 1.08 bits per heavy atom. The van der Waals surface area contributed by atoms with Gasteiger partial charge in [-0.3, -0.25) is 4.79 Å². The normalized spacial score (nSPS) is 9.92. The highest BCUT2D eigenvalue weighted by atomic mass is 35.5. The second-order valence-electron chi connectivity index (χ2n) is 5.18. The third kappa shape index (κ3) is 4.14. The maximum absolute atomic E-state index is 12.2. The highest BCUT2D eigenvalue weighted by Crippen LogP contribution is 2.20. The van der Waals surface area contributed by atoms with E-state index in [1.807, 2.05) is 6.07 Å². The second-order valence-corrected chi connectivity index (χ2v) is 5.62. The number of carbonyl (C=O) groups is 1. The van der Waals surface area contributed by atoms with Gasteiger partial charge in [-0.25, -0.2) is 4.98 Å². The smallest absolute Gasteiger partial charge is 0.255 e. The predicted octanol–water partition coefficient (Wildman–Crippen LogP) is 4.60. The van der Waals surface area contributed by atoms with Crippen molar-refractivity contribution in [3.8, 4) is 6.07 Å². The summed E-state index contributed by atoms with van der Waals surface area (Å²) in [4.78, 5) is 16.4. The number of nitriles is 1. The SMILES string of the molecule is N#Cc1ccccc1Nc1ccc(NC(=O)c2cccc(Cl)c2)cn1. The van der Waals surface area contributed by atoms with E-state index >= 15 is 0 Å². The zero-order valence-corrected chi connectivity index (χ0v) is 13.8. The molecule has 0 unspecified atom stereocenters. The molecule has 3 rings (SSSR count). The minimum absolute atomic E-state index is 0.264. The van der Waals surface area contributed by atoms with Crippen LogP contribution in [-0.2, 0) is 0 Å². The highest BCUT2D eigenvalue weighted by molar-refractivity contribution is 6.31. The number of amides is 1. The van der Waals surface area contributed by atoms with Crippen molar-refractivity contribution in [1.29, 1.82) is 5.26 Å². The molecule has 25 heavy (non-hydrogen) atoms. The molecule has 1 aromatic heterocycles. The van der Waals surface area contributed by atoms with Gasteiger partial charge < -0.3 is 10.6 Å². The zero-order chi connectivity index (χ0) is 17.6. The minimum Gasteiger partial charge on any atom is -0.339 e. The van der Waals surface area contributed by atoms with Crippen molar-refractivity contribution < 1.29 is 4.79 Å². The second kappa shape index (κ2) is 7.47. The molecule has 1 heterocycles. The molecule has 6 heteroatoms. The topological polar surface area (TPSA) is 77.8 Å². The van der Waals surface area contributed by atoms with Crippen molar-refractivity contribution in [3.05, 3.63) is 83.0 Å². The molecule has 0 radical (unpaired) electrons. The van der Waals surface area contributed by atoms with Gasteiger partial charge in [0.25, 0.3) is 5.91 Å². The fourth-order valence-electron chi connectivity index (χ4n) is 2.20. The first-order valence-electron chi connectivity index (χ1n) is 7.45. The molecule has 0 saturated heterocycles. The number of hydrogen-bond acceptors (Lipinski definition) is 4. The average molecular weight is 349 g/mol. The largest absolute Gasteiger partial charge is 0.339 e. The van der Waals surface area contributed by atoms with Crippen molar-refractivity contribution >= 4 is 34.7 Å². The third-order valence-electron chi connectivity index (χ3n) is 3.42. The van der Waals surface area contributed by atoms with E-state index in [0.29, 0.717) is 33.3 Å². The van der Waals surface area contributed by atoms with Gasteiger partial charge in [0.15, 0.2) is 0 Å². The molecule has 0 atom stereocenters. The molecule has 2 N–H and O–H groups in total. The van der Waals surface area contributed by atoms with Gasteiger partial charge in [-0.1, -0.05) is 29.8 Å². The van der Waals surface area contributed by atoms with Gasteiger partial charge in [-0.15, -0.1) is 0 Å². The Morgan fingerprint density at radius 3 is 2.64 bits per heavy atom. The predicted molar refractivity (Wildman–Crippen MR) is 98.1 cm³/mol. The van der Waals surface area contributed by atoms with Crippen LogP contribution in [-0.4, -0.2) is 10.9 Å². The van der Waals surface area contributed by atoms with Crippen molar-refractivity contribution in [1.82, 2.24) is 4.98 Å². The van der Waals surface area contributed by atoms with Crippen LogP contribution in [0.15, 0.2) is 66.9 Å². The summed E-state index contributed by atoms with van der Waals surface area (Å²) < 4.78 is 0. The van der Waals surface area contributed by atoms with Crippen molar-refractivity contribution in [3.63, 3.8) is 0 Å². The van der Waals surface area contributed by atoms with Gasteiger partial charge in [0.05, 0.1) is 23.1 Å². The molecule has 5 nitrogen and oxygen atoms in total. The van der Waals surface area contributed by atoms with E-state index in [2.05, 4.69) is 21.7 Å². The molecular weight excluding hydrogens is 336 g/mol. The van der Waals surface area contributed by atoms with Crippen LogP contribution >= 0.6 is 11.6 Å². The lowest BCUT2D eigenvalue weighted by Gasteiger charge is -2.09. The van der Waals surface area contributed by atoms with Gasteiger partial charge in [0.2, 0.25) is 0 Å². The maximum atomic E-state index is 12.2. The monoisotopic (exact) mass is 348 g/mol. The van der Waals surface area contributed by atoms with E-state index in [9.17, 15) is 4.79 Å². The first-order chi connectivity index (χ1) is 12.2. The number of benzene rings is 2. The van der Waals surface area contributed by atoms with Crippen LogP contribution in [0.3, 0.4) is 0 Å². The number of para-hydroxylation sites is 1. The summed E-state index contributed by atoms with van der Waals surface area (Å²) >= 11 is 5.89. The van der Waals surface area contributed by atoms with Gasteiger partial charge >= 0.3 is 0 Å². The molecule has 0 aliphatic carbocycles. The number of carbonyl (C=O) groups excluding carboxylic acids is 1. The number of anilines is 3. The Bertz CT molecular complexity index is 948. The average Bonchev–Trinajstić information content (AvgIpc) is 2.64. The Morgan fingerprint density at radius 2 is 1.92 bits per heavy atom. The molecule has 0 bridgehead atoms. The molecule has 0 spiro atoms. The third-order valence-corrected chi connectivity index (χ3v) is 3.65. The Labute approximate surface area is 149 Å². The van der Waals surface area contributed by atoms with Crippen LogP contribution in [0.25, 0.3) is 0 Å². The number of aromatic nitrogens is 1. The van der Waals surface area contributed by atoms with Crippen LogP contribution in [0.1, 0.15) is 15.9 Å². The summed E-state index contributed by atoms with van der Waals surface area (Å²) in [5.41, 5.74) is 2.23. The lowest BCUT2D eigenvalue weighted by molar-refractivity contribution is 0.102. The quantitative estimate of drug-likeness (QED) is 0.722. The number of pyridine rings is 1. The summed E-state index contributed by atoms with van der Waals surface area (Å²) in [7, 11) is 0. The lowest BCUT2D eigenvalue weighted by Crippen LogP contribution is -2.12. The minimum atomic E-state index is -0.264. The van der Waals surface area contributed by atoms with Crippen molar-refractivity contribution in [2.24, 2.45) is 0 Å². The molecule has 0 fully saturated rings. The number of nitrogens with one attached hydrogen (secondary N) is 2. The molecule has 0 aliphatic rings. The van der Waals surface area contributed by atoms with Crippen LogP contribution in [0.2, 0.25) is 5.02 Å². The van der Waals surface area contributed by atoms with E-state index in [0.717, 1.165) is 0 Å². The van der Waals surface area contributed by atoms with Gasteiger partial charge in [0.1, 0.15) is 11.9 Å². The fraction of sp³-hybridized carbons (Fsp3) is 0. The van der Waals surface area contributed by atoms with Crippen molar-refractivity contribution in [2.75, 3.05) is 10.6 Å². The van der Waals surface area contributed by atoms with E-state index in [-0.39, 0.29) is 5.91 Å². The fourth-order valence-corrected chi connectivity index (χ4v) is 2.39. The van der Waals surface area contributed by atoms with E-state index in [4.69, 9.17) is 16.9 Å². The Hall–Kier alpha value is -3.36. The van der Waals surface area contributed by atoms with E-state index < -0.39 is 0 Å². The van der Waals surface area contributed by atoms with E-state index in [1.165, 1.54) is 0 Å². The molecule has 2 aromatic carbocycles. The summed E-state index contributed by atoms with van der Waals surface area (Å²) in [6.45, 7) is 0. The Balaban J connectivity index is 1.70. The summed E-state index contributed by atoms with van der Waals surface area (Å²) in [6.07, 6.45) is 1.54. The summed E-state index contributed by atoms with van der Waals surface area (Å²) in [6, 6.07) is 19.4. The Kier molecular flexibility index (Phi) is 4.93. The molecule has 122 valence electrons. The highest BCUT2D eigenvalue weighted by Gasteiger charge is 2.07. The molecule has 1 amide bonds. The maximum Gasteiger partial charge on any atom is 0.255 e.